The standard InChI is InChI=1S/C15H20N4O3S/c1-4-9-16-14-7-8-15(18-17-14)19-23(20,21)12-5-6-13(22-3)11(2)10-12/h5-8,10H,4,9H2,1-3H3,(H,16,17)(H,18,19). The molecule has 1 aromatic heterocycles. The number of methoxy groups -OCH3 is 1. The van der Waals surface area contributed by atoms with E-state index in [0.717, 1.165) is 18.5 Å². The van der Waals surface area contributed by atoms with Gasteiger partial charge in [-0.25, -0.2) is 8.42 Å². The monoisotopic (exact) mass is 336 g/mol. The Morgan fingerprint density at radius 2 is 1.83 bits per heavy atom. The van der Waals surface area contributed by atoms with Gasteiger partial charge in [0.05, 0.1) is 12.0 Å². The SMILES string of the molecule is CCCNc1ccc(NS(=O)(=O)c2ccc(OC)c(C)c2)nn1. The van der Waals surface area contributed by atoms with Crippen molar-refractivity contribution >= 4 is 21.7 Å². The lowest BCUT2D eigenvalue weighted by molar-refractivity contribution is 0.411. The van der Waals surface area contributed by atoms with Crippen LogP contribution in [0.15, 0.2) is 35.2 Å². The maximum Gasteiger partial charge on any atom is 0.263 e. The first-order valence-electron chi connectivity index (χ1n) is 7.21. The van der Waals surface area contributed by atoms with Crippen LogP contribution in [0.4, 0.5) is 11.6 Å². The topological polar surface area (TPSA) is 93.2 Å². The Hall–Kier alpha value is -2.35. The fourth-order valence-electron chi connectivity index (χ4n) is 1.95. The number of aryl methyl sites for hydroxylation is 1. The van der Waals surface area contributed by atoms with Gasteiger partial charge < -0.3 is 10.1 Å². The van der Waals surface area contributed by atoms with Crippen LogP contribution in [0.3, 0.4) is 0 Å². The third-order valence-electron chi connectivity index (χ3n) is 3.14. The predicted molar refractivity (Wildman–Crippen MR) is 89.4 cm³/mol. The maximum atomic E-state index is 12.4. The van der Waals surface area contributed by atoms with Gasteiger partial charge in [0, 0.05) is 6.54 Å². The molecule has 1 aromatic carbocycles. The molecule has 7 nitrogen and oxygen atoms in total. The molecule has 8 heteroatoms. The van der Waals surface area contributed by atoms with Crippen molar-refractivity contribution in [3.8, 4) is 5.75 Å². The smallest absolute Gasteiger partial charge is 0.263 e. The Bertz CT molecular complexity index is 761. The summed E-state index contributed by atoms with van der Waals surface area (Å²) in [6, 6.07) is 7.90. The first-order valence-corrected chi connectivity index (χ1v) is 8.69. The van der Waals surface area contributed by atoms with Crippen LogP contribution in [0.25, 0.3) is 0 Å². The van der Waals surface area contributed by atoms with Gasteiger partial charge in [-0.15, -0.1) is 10.2 Å². The minimum atomic E-state index is -3.72. The second-order valence-electron chi connectivity index (χ2n) is 4.97. The zero-order chi connectivity index (χ0) is 16.9. The summed E-state index contributed by atoms with van der Waals surface area (Å²) in [5.74, 6) is 1.41. The number of ether oxygens (including phenoxy) is 1. The summed E-state index contributed by atoms with van der Waals surface area (Å²) in [5.41, 5.74) is 0.737. The Kier molecular flexibility index (Phi) is 5.38. The summed E-state index contributed by atoms with van der Waals surface area (Å²) >= 11 is 0. The lowest BCUT2D eigenvalue weighted by Gasteiger charge is -2.10. The molecule has 0 saturated carbocycles. The van der Waals surface area contributed by atoms with Crippen molar-refractivity contribution in [3.05, 3.63) is 35.9 Å². The number of benzene rings is 1. The number of nitrogens with zero attached hydrogens (tertiary/aromatic N) is 2. The van der Waals surface area contributed by atoms with E-state index in [4.69, 9.17) is 4.74 Å². The van der Waals surface area contributed by atoms with Gasteiger partial charge in [0.15, 0.2) is 5.82 Å². The molecule has 2 N–H and O–H groups in total. The molecule has 124 valence electrons. The fraction of sp³-hybridized carbons (Fsp3) is 0.333. The predicted octanol–water partition coefficient (Wildman–Crippen LogP) is 2.42. The molecule has 0 radical (unpaired) electrons. The average Bonchev–Trinajstić information content (AvgIpc) is 2.54. The highest BCUT2D eigenvalue weighted by atomic mass is 32.2. The fourth-order valence-corrected chi connectivity index (χ4v) is 3.03. The molecule has 2 rings (SSSR count). The Balaban J connectivity index is 2.16. The summed E-state index contributed by atoms with van der Waals surface area (Å²) in [7, 11) is -2.18. The molecule has 0 bridgehead atoms. The Labute approximate surface area is 136 Å². The molecule has 0 atom stereocenters. The number of sulfonamides is 1. The number of hydrogen-bond donors (Lipinski definition) is 2. The molecular formula is C15H20N4O3S. The van der Waals surface area contributed by atoms with E-state index < -0.39 is 10.0 Å². The van der Waals surface area contributed by atoms with Gasteiger partial charge in [-0.2, -0.15) is 0 Å². The van der Waals surface area contributed by atoms with E-state index in [-0.39, 0.29) is 10.7 Å². The molecule has 0 aliphatic carbocycles. The molecule has 2 aromatic rings. The molecule has 0 aliphatic rings. The Morgan fingerprint density at radius 1 is 1.13 bits per heavy atom. The van der Waals surface area contributed by atoms with Crippen LogP contribution < -0.4 is 14.8 Å². The van der Waals surface area contributed by atoms with Crippen molar-refractivity contribution in [3.63, 3.8) is 0 Å². The van der Waals surface area contributed by atoms with Crippen molar-refractivity contribution in [2.75, 3.05) is 23.7 Å². The van der Waals surface area contributed by atoms with Gasteiger partial charge in [-0.05, 0) is 49.2 Å². The van der Waals surface area contributed by atoms with E-state index >= 15 is 0 Å². The molecule has 0 spiro atoms. The summed E-state index contributed by atoms with van der Waals surface area (Å²) < 4.78 is 32.3. The van der Waals surface area contributed by atoms with Crippen molar-refractivity contribution in [2.24, 2.45) is 0 Å². The highest BCUT2D eigenvalue weighted by Gasteiger charge is 2.16. The second kappa shape index (κ2) is 7.28. The maximum absolute atomic E-state index is 12.4. The molecule has 1 heterocycles. The number of anilines is 2. The van der Waals surface area contributed by atoms with Gasteiger partial charge in [0.1, 0.15) is 11.6 Å². The van der Waals surface area contributed by atoms with E-state index in [1.807, 2.05) is 6.92 Å². The van der Waals surface area contributed by atoms with Gasteiger partial charge >= 0.3 is 0 Å². The highest BCUT2D eigenvalue weighted by Crippen LogP contribution is 2.22. The lowest BCUT2D eigenvalue weighted by Crippen LogP contribution is -2.15. The van der Waals surface area contributed by atoms with Crippen molar-refractivity contribution in [2.45, 2.75) is 25.2 Å². The zero-order valence-electron chi connectivity index (χ0n) is 13.3. The number of aromatic nitrogens is 2. The molecule has 0 fully saturated rings. The van der Waals surface area contributed by atoms with Crippen LogP contribution >= 0.6 is 0 Å². The first kappa shape index (κ1) is 17.0. The summed E-state index contributed by atoms with van der Waals surface area (Å²) in [6.45, 7) is 4.61. The highest BCUT2D eigenvalue weighted by molar-refractivity contribution is 7.92. The van der Waals surface area contributed by atoms with Crippen LogP contribution in [0.2, 0.25) is 0 Å². The van der Waals surface area contributed by atoms with Gasteiger partial charge in [-0.3, -0.25) is 4.72 Å². The van der Waals surface area contributed by atoms with Crippen LogP contribution in [-0.4, -0.2) is 32.3 Å². The molecule has 0 unspecified atom stereocenters. The van der Waals surface area contributed by atoms with E-state index in [9.17, 15) is 8.42 Å². The third-order valence-corrected chi connectivity index (χ3v) is 4.49. The molecule has 0 aliphatic heterocycles. The largest absolute Gasteiger partial charge is 0.496 e. The normalized spacial score (nSPS) is 11.1. The van der Waals surface area contributed by atoms with E-state index in [1.165, 1.54) is 6.07 Å². The van der Waals surface area contributed by atoms with Gasteiger partial charge in [0.2, 0.25) is 0 Å². The van der Waals surface area contributed by atoms with Crippen molar-refractivity contribution < 1.29 is 13.2 Å². The van der Waals surface area contributed by atoms with Crippen molar-refractivity contribution in [1.82, 2.24) is 10.2 Å². The van der Waals surface area contributed by atoms with Crippen LogP contribution in [0, 0.1) is 6.92 Å². The lowest BCUT2D eigenvalue weighted by atomic mass is 10.2. The van der Waals surface area contributed by atoms with Gasteiger partial charge in [0.25, 0.3) is 10.0 Å². The second-order valence-corrected chi connectivity index (χ2v) is 6.65. The summed E-state index contributed by atoms with van der Waals surface area (Å²) in [4.78, 5) is 0.144. The van der Waals surface area contributed by atoms with E-state index in [1.54, 1.807) is 38.3 Å². The number of nitrogens with one attached hydrogen (secondary N) is 2. The minimum absolute atomic E-state index is 0.144. The molecule has 0 amide bonds. The zero-order valence-corrected chi connectivity index (χ0v) is 14.1. The van der Waals surface area contributed by atoms with E-state index in [2.05, 4.69) is 20.2 Å². The minimum Gasteiger partial charge on any atom is -0.496 e. The molecule has 23 heavy (non-hydrogen) atoms. The average molecular weight is 336 g/mol. The van der Waals surface area contributed by atoms with Gasteiger partial charge in [-0.1, -0.05) is 6.92 Å². The molecule has 0 saturated heterocycles. The van der Waals surface area contributed by atoms with E-state index in [0.29, 0.717) is 11.6 Å². The number of hydrogen-bond acceptors (Lipinski definition) is 6. The van der Waals surface area contributed by atoms with Crippen LogP contribution in [0.1, 0.15) is 18.9 Å². The third kappa shape index (κ3) is 4.32. The summed E-state index contributed by atoms with van der Waals surface area (Å²) in [5, 5.41) is 10.9. The summed E-state index contributed by atoms with van der Waals surface area (Å²) in [6.07, 6.45) is 0.965. The first-order chi connectivity index (χ1) is 11.0. The number of rotatable bonds is 7. The quantitative estimate of drug-likeness (QED) is 0.806. The Morgan fingerprint density at radius 3 is 2.39 bits per heavy atom. The molecular weight excluding hydrogens is 316 g/mol. The van der Waals surface area contributed by atoms with Crippen molar-refractivity contribution in [1.29, 1.82) is 0 Å². The van der Waals surface area contributed by atoms with Crippen LogP contribution in [0.5, 0.6) is 5.75 Å². The van der Waals surface area contributed by atoms with Crippen LogP contribution in [-0.2, 0) is 10.0 Å².